The van der Waals surface area contributed by atoms with Crippen LogP contribution in [0.1, 0.15) is 27.0 Å². The van der Waals surface area contributed by atoms with Crippen LogP contribution in [0.5, 0.6) is 0 Å². The van der Waals surface area contributed by atoms with Crippen LogP contribution in [-0.2, 0) is 4.79 Å². The summed E-state index contributed by atoms with van der Waals surface area (Å²) in [5, 5.41) is 15.8. The summed E-state index contributed by atoms with van der Waals surface area (Å²) in [6.45, 7) is 1.49. The van der Waals surface area contributed by atoms with Gasteiger partial charge in [-0.05, 0) is 54.8 Å². The lowest BCUT2D eigenvalue weighted by Crippen LogP contribution is -2.14. The number of rotatable bonds is 7. The minimum Gasteiger partial charge on any atom is -0.325 e. The van der Waals surface area contributed by atoms with E-state index in [2.05, 4.69) is 20.8 Å². The Bertz CT molecular complexity index is 971. The monoisotopic (exact) mass is 412 g/mol. The van der Waals surface area contributed by atoms with Crippen molar-refractivity contribution in [3.63, 3.8) is 0 Å². The molecule has 0 aliphatic rings. The third-order valence-corrected chi connectivity index (χ3v) is 5.34. The Morgan fingerprint density at radius 2 is 1.79 bits per heavy atom. The minimum atomic E-state index is -0.236. The Balaban J connectivity index is 1.48. The number of thioether (sulfide) groups is 1. The maximum Gasteiger partial charge on any atom is 0.266 e. The second-order valence-electron chi connectivity index (χ2n) is 5.66. The molecule has 0 saturated carbocycles. The van der Waals surface area contributed by atoms with Crippen molar-refractivity contribution in [2.75, 3.05) is 16.4 Å². The van der Waals surface area contributed by atoms with E-state index in [0.717, 1.165) is 0 Å². The smallest absolute Gasteiger partial charge is 0.266 e. The van der Waals surface area contributed by atoms with Gasteiger partial charge in [-0.1, -0.05) is 17.8 Å². The number of aromatic nitrogens is 2. The van der Waals surface area contributed by atoms with Gasteiger partial charge in [-0.3, -0.25) is 14.4 Å². The van der Waals surface area contributed by atoms with Gasteiger partial charge in [0.05, 0.1) is 10.6 Å². The molecule has 0 unspecified atom stereocenters. The maximum atomic E-state index is 12.0. The van der Waals surface area contributed by atoms with Crippen LogP contribution in [0.3, 0.4) is 0 Å². The van der Waals surface area contributed by atoms with E-state index in [4.69, 9.17) is 0 Å². The van der Waals surface area contributed by atoms with Gasteiger partial charge in [0.25, 0.3) is 5.91 Å². The highest BCUT2D eigenvalue weighted by atomic mass is 32.2. The molecule has 0 aliphatic carbocycles. The Kier molecular flexibility index (Phi) is 6.51. The molecule has 0 aliphatic heterocycles. The van der Waals surface area contributed by atoms with E-state index in [0.29, 0.717) is 27.0 Å². The second-order valence-corrected chi connectivity index (χ2v) is 7.60. The van der Waals surface area contributed by atoms with Crippen molar-refractivity contribution in [1.29, 1.82) is 0 Å². The molecule has 7 nitrogen and oxygen atoms in total. The number of nitrogens with zero attached hydrogens (tertiary/aromatic N) is 2. The number of hydrogen-bond acceptors (Lipinski definition) is 7. The van der Waals surface area contributed by atoms with Gasteiger partial charge in [0, 0.05) is 11.3 Å². The van der Waals surface area contributed by atoms with Gasteiger partial charge in [0.2, 0.25) is 5.91 Å². The van der Waals surface area contributed by atoms with Gasteiger partial charge in [0.1, 0.15) is 5.03 Å². The van der Waals surface area contributed by atoms with Crippen molar-refractivity contribution in [1.82, 2.24) is 10.2 Å². The minimum absolute atomic E-state index is 0.0259. The number of ketones is 1. The van der Waals surface area contributed by atoms with Crippen LogP contribution in [0.15, 0.2) is 58.9 Å². The van der Waals surface area contributed by atoms with Gasteiger partial charge >= 0.3 is 0 Å². The van der Waals surface area contributed by atoms with E-state index in [1.54, 1.807) is 48.5 Å². The third kappa shape index (κ3) is 5.48. The number of nitrogens with one attached hydrogen (secondary N) is 2. The average molecular weight is 412 g/mol. The van der Waals surface area contributed by atoms with Crippen LogP contribution in [0.25, 0.3) is 0 Å². The second kappa shape index (κ2) is 9.25. The van der Waals surface area contributed by atoms with Crippen LogP contribution >= 0.6 is 23.1 Å². The van der Waals surface area contributed by atoms with E-state index in [1.807, 2.05) is 5.38 Å². The predicted octanol–water partition coefficient (Wildman–Crippen LogP) is 3.72. The fraction of sp³-hybridized carbons (Fsp3) is 0.105. The quantitative estimate of drug-likeness (QED) is 0.453. The van der Waals surface area contributed by atoms with Crippen LogP contribution in [0.4, 0.5) is 11.5 Å². The summed E-state index contributed by atoms with van der Waals surface area (Å²) in [4.78, 5) is 35.9. The first-order chi connectivity index (χ1) is 13.5. The lowest BCUT2D eigenvalue weighted by Gasteiger charge is -2.06. The molecule has 2 amide bonds. The Morgan fingerprint density at radius 1 is 1.00 bits per heavy atom. The molecule has 2 aromatic heterocycles. The molecule has 0 saturated heterocycles. The molecule has 0 fully saturated rings. The zero-order valence-corrected chi connectivity index (χ0v) is 16.5. The number of carbonyl (C=O) groups is 3. The van der Waals surface area contributed by atoms with Crippen molar-refractivity contribution in [3.8, 4) is 0 Å². The SMILES string of the molecule is CC(=O)c1ccc(NC(=O)CSc2ccc(NC(=O)c3cccs3)nn2)cc1. The Labute approximate surface area is 169 Å². The van der Waals surface area contributed by atoms with Gasteiger partial charge in [-0.15, -0.1) is 21.5 Å². The molecule has 1 aromatic carbocycles. The zero-order chi connectivity index (χ0) is 19.9. The molecule has 3 aromatic rings. The Morgan fingerprint density at radius 3 is 2.39 bits per heavy atom. The Hall–Kier alpha value is -3.04. The first-order valence-corrected chi connectivity index (χ1v) is 10.1. The third-order valence-electron chi connectivity index (χ3n) is 3.55. The molecule has 3 rings (SSSR count). The van der Waals surface area contributed by atoms with Gasteiger partial charge in [-0.2, -0.15) is 0 Å². The number of hydrogen-bond donors (Lipinski definition) is 2. The maximum absolute atomic E-state index is 12.0. The molecule has 0 bridgehead atoms. The van der Waals surface area contributed by atoms with E-state index >= 15 is 0 Å². The predicted molar refractivity (Wildman–Crippen MR) is 110 cm³/mol. The van der Waals surface area contributed by atoms with E-state index < -0.39 is 0 Å². The zero-order valence-electron chi connectivity index (χ0n) is 14.8. The topological polar surface area (TPSA) is 101 Å². The molecule has 0 spiro atoms. The fourth-order valence-corrected chi connectivity index (χ4v) is 3.41. The molecule has 2 heterocycles. The van der Waals surface area contributed by atoms with Crippen LogP contribution in [0.2, 0.25) is 0 Å². The molecule has 9 heteroatoms. The molecule has 142 valence electrons. The summed E-state index contributed by atoms with van der Waals surface area (Å²) in [5.74, 6) is 0.0430. The van der Waals surface area contributed by atoms with E-state index in [9.17, 15) is 14.4 Å². The molecule has 0 atom stereocenters. The van der Waals surface area contributed by atoms with Crippen molar-refractivity contribution in [2.45, 2.75) is 11.9 Å². The fourth-order valence-electron chi connectivity index (χ4n) is 2.17. The number of benzene rings is 1. The van der Waals surface area contributed by atoms with Crippen LogP contribution in [-0.4, -0.2) is 33.5 Å². The number of anilines is 2. The standard InChI is InChI=1S/C19H16N4O3S2/c1-12(24)13-4-6-14(7-5-13)20-17(25)11-28-18-9-8-16(22-23-18)21-19(26)15-3-2-10-27-15/h2-10H,11H2,1H3,(H,20,25)(H,21,22,26). The highest BCUT2D eigenvalue weighted by Crippen LogP contribution is 2.17. The average Bonchev–Trinajstić information content (AvgIpc) is 3.23. The van der Waals surface area contributed by atoms with Gasteiger partial charge in [-0.25, -0.2) is 0 Å². The molecule has 28 heavy (non-hydrogen) atoms. The lowest BCUT2D eigenvalue weighted by molar-refractivity contribution is -0.113. The summed E-state index contributed by atoms with van der Waals surface area (Å²) in [5.41, 5.74) is 1.21. The van der Waals surface area contributed by atoms with Crippen LogP contribution < -0.4 is 10.6 Å². The normalized spacial score (nSPS) is 10.3. The largest absolute Gasteiger partial charge is 0.325 e. The lowest BCUT2D eigenvalue weighted by atomic mass is 10.1. The highest BCUT2D eigenvalue weighted by Gasteiger charge is 2.09. The molecule has 0 radical (unpaired) electrons. The summed E-state index contributed by atoms with van der Waals surface area (Å²) >= 11 is 2.57. The van der Waals surface area contributed by atoms with Crippen molar-refractivity contribution in [2.24, 2.45) is 0 Å². The number of Topliss-reactive ketones (excluding diaryl/α,β-unsaturated/α-hetero) is 1. The van der Waals surface area contributed by atoms with Crippen molar-refractivity contribution < 1.29 is 14.4 Å². The number of carbonyl (C=O) groups excluding carboxylic acids is 3. The van der Waals surface area contributed by atoms with Crippen molar-refractivity contribution in [3.05, 3.63) is 64.4 Å². The summed E-state index contributed by atoms with van der Waals surface area (Å²) < 4.78 is 0. The van der Waals surface area contributed by atoms with E-state index in [1.165, 1.54) is 30.0 Å². The number of thiophene rings is 1. The van der Waals surface area contributed by atoms with Gasteiger partial charge in [0.15, 0.2) is 11.6 Å². The first-order valence-electron chi connectivity index (χ1n) is 8.23. The van der Waals surface area contributed by atoms with E-state index in [-0.39, 0.29) is 23.4 Å². The van der Waals surface area contributed by atoms with Crippen molar-refractivity contribution >= 4 is 52.2 Å². The molecular formula is C19H16N4O3S2. The van der Waals surface area contributed by atoms with Crippen LogP contribution in [0, 0.1) is 0 Å². The first kappa shape index (κ1) is 19.7. The highest BCUT2D eigenvalue weighted by molar-refractivity contribution is 7.99. The molecule has 2 N–H and O–H groups in total. The van der Waals surface area contributed by atoms with Gasteiger partial charge < -0.3 is 10.6 Å². The summed E-state index contributed by atoms with van der Waals surface area (Å²) in [6, 6.07) is 13.6. The summed E-state index contributed by atoms with van der Waals surface area (Å²) in [6.07, 6.45) is 0. The summed E-state index contributed by atoms with van der Waals surface area (Å²) in [7, 11) is 0. The number of amides is 2. The molecular weight excluding hydrogens is 396 g/mol.